The SMILES string of the molecule is Cc1ccc(S(=O)(=O)OCCCc2csc(=S)s2)cc1. The minimum absolute atomic E-state index is 0.186. The molecule has 0 unspecified atom stereocenters. The average Bonchev–Trinajstić information content (AvgIpc) is 2.81. The molecule has 0 aliphatic rings. The van der Waals surface area contributed by atoms with Crippen molar-refractivity contribution in [2.45, 2.75) is 24.7 Å². The monoisotopic (exact) mass is 346 g/mol. The Kier molecular flexibility index (Phi) is 5.45. The highest BCUT2D eigenvalue weighted by molar-refractivity contribution is 7.86. The van der Waals surface area contributed by atoms with Crippen molar-refractivity contribution in [2.75, 3.05) is 6.61 Å². The van der Waals surface area contributed by atoms with Crippen LogP contribution in [0.3, 0.4) is 0 Å². The van der Waals surface area contributed by atoms with Gasteiger partial charge in [0.25, 0.3) is 10.1 Å². The van der Waals surface area contributed by atoms with Gasteiger partial charge in [0.2, 0.25) is 0 Å². The third kappa shape index (κ3) is 4.46. The standard InChI is InChI=1S/C13H14O3S4/c1-10-4-6-12(7-5-10)20(14,15)16-8-2-3-11-9-18-13(17)19-11/h4-7,9H,2-3,8H2,1H3. The molecular formula is C13H14O3S4. The summed E-state index contributed by atoms with van der Waals surface area (Å²) in [7, 11) is -3.64. The quantitative estimate of drug-likeness (QED) is 0.447. The fourth-order valence-corrected chi connectivity index (χ4v) is 4.78. The Morgan fingerprint density at radius 3 is 2.55 bits per heavy atom. The van der Waals surface area contributed by atoms with Crippen LogP contribution in [-0.4, -0.2) is 15.0 Å². The third-order valence-electron chi connectivity index (χ3n) is 2.62. The van der Waals surface area contributed by atoms with Crippen molar-refractivity contribution in [3.8, 4) is 0 Å². The van der Waals surface area contributed by atoms with Crippen LogP contribution < -0.4 is 0 Å². The van der Waals surface area contributed by atoms with Gasteiger partial charge in [-0.3, -0.25) is 4.18 Å². The molecule has 0 saturated heterocycles. The summed E-state index contributed by atoms with van der Waals surface area (Å²) in [6.45, 7) is 2.10. The van der Waals surface area contributed by atoms with Crippen molar-refractivity contribution in [3.63, 3.8) is 0 Å². The van der Waals surface area contributed by atoms with E-state index in [0.29, 0.717) is 6.42 Å². The van der Waals surface area contributed by atoms with Gasteiger partial charge in [0.05, 0.1) is 11.5 Å². The average molecular weight is 347 g/mol. The summed E-state index contributed by atoms with van der Waals surface area (Å²) < 4.78 is 29.8. The first-order valence-corrected chi connectivity index (χ1v) is 9.52. The zero-order chi connectivity index (χ0) is 14.6. The van der Waals surface area contributed by atoms with Gasteiger partial charge in [-0.25, -0.2) is 0 Å². The van der Waals surface area contributed by atoms with Crippen LogP contribution in [0.1, 0.15) is 16.9 Å². The summed E-state index contributed by atoms with van der Waals surface area (Å²) in [5.41, 5.74) is 1.02. The van der Waals surface area contributed by atoms with Gasteiger partial charge in [0.15, 0.2) is 0 Å². The molecule has 0 bridgehead atoms. The lowest BCUT2D eigenvalue weighted by molar-refractivity contribution is 0.312. The maximum absolute atomic E-state index is 11.9. The van der Waals surface area contributed by atoms with Gasteiger partial charge in [0, 0.05) is 10.3 Å². The normalized spacial score (nSPS) is 11.7. The van der Waals surface area contributed by atoms with Gasteiger partial charge in [0.1, 0.15) is 3.14 Å². The number of aryl methyl sites for hydroxylation is 2. The van der Waals surface area contributed by atoms with Crippen molar-refractivity contribution < 1.29 is 12.6 Å². The molecule has 2 aromatic rings. The van der Waals surface area contributed by atoms with Crippen LogP contribution >= 0.6 is 34.9 Å². The molecule has 1 aromatic carbocycles. The summed E-state index contributed by atoms with van der Waals surface area (Å²) >= 11 is 8.17. The molecule has 2 rings (SSSR count). The Hall–Kier alpha value is -0.600. The molecule has 108 valence electrons. The maximum atomic E-state index is 11.9. The summed E-state index contributed by atoms with van der Waals surface area (Å²) in [6.07, 6.45) is 1.45. The molecule has 1 aromatic heterocycles. The van der Waals surface area contributed by atoms with Crippen LogP contribution in [0.4, 0.5) is 0 Å². The molecule has 0 atom stereocenters. The van der Waals surface area contributed by atoms with E-state index in [9.17, 15) is 8.42 Å². The highest BCUT2D eigenvalue weighted by Gasteiger charge is 2.14. The molecule has 0 saturated carbocycles. The minimum Gasteiger partial charge on any atom is -0.266 e. The predicted octanol–water partition coefficient (Wildman–Crippen LogP) is 4.19. The first-order valence-electron chi connectivity index (χ1n) is 6.01. The first-order chi connectivity index (χ1) is 9.47. The van der Waals surface area contributed by atoms with E-state index in [0.717, 1.165) is 15.1 Å². The molecule has 0 aliphatic heterocycles. The second-order valence-electron chi connectivity index (χ2n) is 4.25. The molecule has 0 N–H and O–H groups in total. The molecular weight excluding hydrogens is 332 g/mol. The van der Waals surface area contributed by atoms with Crippen molar-refractivity contribution in [2.24, 2.45) is 0 Å². The zero-order valence-electron chi connectivity index (χ0n) is 10.9. The van der Waals surface area contributed by atoms with Gasteiger partial charge < -0.3 is 0 Å². The number of hydrogen-bond acceptors (Lipinski definition) is 6. The van der Waals surface area contributed by atoms with Crippen LogP contribution in [0, 0.1) is 10.1 Å². The second kappa shape index (κ2) is 6.91. The van der Waals surface area contributed by atoms with Crippen molar-refractivity contribution >= 4 is 45.0 Å². The topological polar surface area (TPSA) is 43.4 Å². The number of rotatable bonds is 6. The van der Waals surface area contributed by atoms with E-state index in [2.05, 4.69) is 0 Å². The van der Waals surface area contributed by atoms with Gasteiger partial charge >= 0.3 is 0 Å². The van der Waals surface area contributed by atoms with Crippen molar-refractivity contribution in [3.05, 3.63) is 43.2 Å². The Bertz CT molecular complexity index is 711. The predicted molar refractivity (Wildman–Crippen MR) is 85.7 cm³/mol. The smallest absolute Gasteiger partial charge is 0.266 e. The van der Waals surface area contributed by atoms with E-state index in [1.54, 1.807) is 46.9 Å². The molecule has 20 heavy (non-hydrogen) atoms. The van der Waals surface area contributed by atoms with Gasteiger partial charge in [-0.1, -0.05) is 29.9 Å². The zero-order valence-corrected chi connectivity index (χ0v) is 14.1. The Balaban J connectivity index is 1.86. The van der Waals surface area contributed by atoms with E-state index in [-0.39, 0.29) is 11.5 Å². The van der Waals surface area contributed by atoms with Crippen LogP contribution in [0.2, 0.25) is 0 Å². The van der Waals surface area contributed by atoms with Crippen LogP contribution in [0.25, 0.3) is 0 Å². The van der Waals surface area contributed by atoms with E-state index >= 15 is 0 Å². The largest absolute Gasteiger partial charge is 0.296 e. The maximum Gasteiger partial charge on any atom is 0.296 e. The minimum atomic E-state index is -3.64. The summed E-state index contributed by atoms with van der Waals surface area (Å²) in [6, 6.07) is 6.65. The summed E-state index contributed by atoms with van der Waals surface area (Å²) in [4.78, 5) is 1.38. The number of benzene rings is 1. The van der Waals surface area contributed by atoms with Crippen molar-refractivity contribution in [1.29, 1.82) is 0 Å². The summed E-state index contributed by atoms with van der Waals surface area (Å²) in [5.74, 6) is 0. The van der Waals surface area contributed by atoms with Gasteiger partial charge in [-0.2, -0.15) is 8.42 Å². The van der Waals surface area contributed by atoms with Crippen LogP contribution in [0.15, 0.2) is 34.5 Å². The van der Waals surface area contributed by atoms with Gasteiger partial charge in [-0.15, -0.1) is 22.7 Å². The van der Waals surface area contributed by atoms with Crippen LogP contribution in [0.5, 0.6) is 0 Å². The molecule has 0 spiro atoms. The lowest BCUT2D eigenvalue weighted by Crippen LogP contribution is -2.08. The number of hydrogen-bond donors (Lipinski definition) is 0. The lowest BCUT2D eigenvalue weighted by Gasteiger charge is -2.05. The van der Waals surface area contributed by atoms with Gasteiger partial charge in [-0.05, 0) is 31.9 Å². The third-order valence-corrected chi connectivity index (χ3v) is 6.52. The second-order valence-corrected chi connectivity index (χ2v) is 9.06. The molecule has 0 amide bonds. The Morgan fingerprint density at radius 2 is 1.95 bits per heavy atom. The van der Waals surface area contributed by atoms with E-state index in [1.807, 2.05) is 12.3 Å². The Labute approximate surface area is 132 Å². The highest BCUT2D eigenvalue weighted by atomic mass is 32.2. The molecule has 7 heteroatoms. The van der Waals surface area contributed by atoms with Crippen LogP contribution in [-0.2, 0) is 20.7 Å². The molecule has 1 heterocycles. The molecule has 0 radical (unpaired) electrons. The molecule has 0 aliphatic carbocycles. The molecule has 3 nitrogen and oxygen atoms in total. The Morgan fingerprint density at radius 1 is 1.25 bits per heavy atom. The van der Waals surface area contributed by atoms with E-state index in [1.165, 1.54) is 4.88 Å². The lowest BCUT2D eigenvalue weighted by atomic mass is 10.2. The molecule has 0 fully saturated rings. The summed E-state index contributed by atoms with van der Waals surface area (Å²) in [5, 5.41) is 2.02. The highest BCUT2D eigenvalue weighted by Crippen LogP contribution is 2.19. The van der Waals surface area contributed by atoms with E-state index < -0.39 is 10.1 Å². The fraction of sp³-hybridized carbons (Fsp3) is 0.308. The van der Waals surface area contributed by atoms with E-state index in [4.69, 9.17) is 16.4 Å². The fourth-order valence-electron chi connectivity index (χ4n) is 1.57. The van der Waals surface area contributed by atoms with Crippen molar-refractivity contribution in [1.82, 2.24) is 0 Å². The first kappa shape index (κ1) is 15.8.